The Bertz CT molecular complexity index is 829. The van der Waals surface area contributed by atoms with Gasteiger partial charge >= 0.3 is 162 Å². The van der Waals surface area contributed by atoms with Crippen LogP contribution in [0.2, 0.25) is 0 Å². The molecule has 3 aromatic carbocycles. The van der Waals surface area contributed by atoms with E-state index < -0.39 is 6.60 Å². The average Bonchev–Trinajstić information content (AvgIpc) is 3.31. The SMILES string of the molecule is COC(=O)C1C(Br)P1(c1ccccc1)(c1ccccc1)c1ccccc1. The molecule has 0 aliphatic carbocycles. The van der Waals surface area contributed by atoms with Crippen LogP contribution in [0.5, 0.6) is 0 Å². The van der Waals surface area contributed by atoms with E-state index in [0.29, 0.717) is 0 Å². The molecule has 132 valence electrons. The van der Waals surface area contributed by atoms with Gasteiger partial charge in [0.2, 0.25) is 0 Å². The maximum atomic E-state index is 12.9. The first kappa shape index (κ1) is 17.5. The van der Waals surface area contributed by atoms with E-state index in [1.54, 1.807) is 0 Å². The Hall–Kier alpha value is -1.96. The second-order valence-corrected chi connectivity index (χ2v) is 13.5. The molecular formula is C22H20BrO2P. The van der Waals surface area contributed by atoms with Crippen LogP contribution in [0.1, 0.15) is 0 Å². The standard InChI is InChI=1S/C22H20BrO2P/c1-25-22(24)20-21(23)26(20,17-11-5-2-6-12-17,18-13-7-3-8-14-18)19-15-9-4-10-16-19/h2-16,20-21H,1H3. The first-order chi connectivity index (χ1) is 12.7. The zero-order valence-corrected chi connectivity index (χ0v) is 16.9. The summed E-state index contributed by atoms with van der Waals surface area (Å²) in [5.74, 6) is -0.152. The summed E-state index contributed by atoms with van der Waals surface area (Å²) in [7, 11) is 1.48. The van der Waals surface area contributed by atoms with Crippen molar-refractivity contribution in [2.45, 2.75) is 10.2 Å². The zero-order chi connectivity index (χ0) is 18.2. The van der Waals surface area contributed by atoms with Crippen molar-refractivity contribution in [1.29, 1.82) is 0 Å². The Kier molecular flexibility index (Phi) is 4.25. The molecule has 0 N–H and O–H groups in total. The quantitative estimate of drug-likeness (QED) is 0.360. The number of benzene rings is 3. The van der Waals surface area contributed by atoms with Gasteiger partial charge in [-0.3, -0.25) is 0 Å². The monoisotopic (exact) mass is 426 g/mol. The number of ether oxygens (including phenoxy) is 1. The van der Waals surface area contributed by atoms with Crippen LogP contribution in [0.4, 0.5) is 0 Å². The molecule has 1 saturated heterocycles. The van der Waals surface area contributed by atoms with E-state index in [4.69, 9.17) is 4.74 Å². The summed E-state index contributed by atoms with van der Waals surface area (Å²) < 4.78 is 5.27. The van der Waals surface area contributed by atoms with Gasteiger partial charge in [0.05, 0.1) is 0 Å². The summed E-state index contributed by atoms with van der Waals surface area (Å²) in [6.45, 7) is -3.02. The maximum absolute atomic E-state index is 12.9. The molecule has 0 radical (unpaired) electrons. The van der Waals surface area contributed by atoms with Crippen LogP contribution < -0.4 is 15.9 Å². The first-order valence-corrected chi connectivity index (χ1v) is 11.9. The Morgan fingerprint density at radius 2 is 1.12 bits per heavy atom. The molecule has 2 nitrogen and oxygen atoms in total. The predicted octanol–water partition coefficient (Wildman–Crippen LogP) is 3.79. The van der Waals surface area contributed by atoms with Crippen LogP contribution in [0, 0.1) is 0 Å². The van der Waals surface area contributed by atoms with Crippen molar-refractivity contribution in [2.24, 2.45) is 0 Å². The third-order valence-corrected chi connectivity index (χ3v) is 16.0. The number of carbonyl (C=O) groups excluding carboxylic acids is 1. The van der Waals surface area contributed by atoms with Crippen molar-refractivity contribution in [3.05, 3.63) is 91.0 Å². The summed E-state index contributed by atoms with van der Waals surface area (Å²) in [5.41, 5.74) is -0.224. The van der Waals surface area contributed by atoms with Gasteiger partial charge in [-0.1, -0.05) is 0 Å². The second kappa shape index (κ2) is 6.33. The van der Waals surface area contributed by atoms with Gasteiger partial charge in [0, 0.05) is 0 Å². The van der Waals surface area contributed by atoms with Crippen LogP contribution in [0.25, 0.3) is 0 Å². The molecule has 1 aliphatic heterocycles. The fraction of sp³-hybridized carbons (Fsp3) is 0.136. The van der Waals surface area contributed by atoms with E-state index in [1.165, 1.54) is 23.0 Å². The summed E-state index contributed by atoms with van der Waals surface area (Å²) in [6, 6.07) is 31.4. The number of carbonyl (C=O) groups is 1. The molecule has 1 aliphatic rings. The third-order valence-electron chi connectivity index (χ3n) is 5.64. The topological polar surface area (TPSA) is 26.3 Å². The minimum absolute atomic E-state index is 0.0214. The summed E-state index contributed by atoms with van der Waals surface area (Å²) in [5, 5.41) is 3.65. The Balaban J connectivity index is 2.16. The van der Waals surface area contributed by atoms with E-state index in [1.807, 2.05) is 18.2 Å². The van der Waals surface area contributed by atoms with Crippen molar-refractivity contribution in [3.8, 4) is 0 Å². The Morgan fingerprint density at radius 1 is 0.769 bits per heavy atom. The third kappa shape index (κ3) is 1.99. The fourth-order valence-corrected chi connectivity index (χ4v) is 15.8. The normalized spacial score (nSPS) is 24.0. The Morgan fingerprint density at radius 3 is 1.42 bits per heavy atom. The number of esters is 1. The van der Waals surface area contributed by atoms with Crippen molar-refractivity contribution >= 4 is 44.4 Å². The number of methoxy groups -OCH3 is 1. The molecule has 0 saturated carbocycles. The van der Waals surface area contributed by atoms with E-state index in [0.717, 1.165) is 0 Å². The molecule has 2 atom stereocenters. The molecule has 1 fully saturated rings. The number of halogens is 1. The van der Waals surface area contributed by atoms with Gasteiger partial charge in [0.25, 0.3) is 0 Å². The van der Waals surface area contributed by atoms with E-state index in [2.05, 4.69) is 88.7 Å². The molecule has 2 unspecified atom stereocenters. The van der Waals surface area contributed by atoms with Gasteiger partial charge < -0.3 is 0 Å². The predicted molar refractivity (Wildman–Crippen MR) is 114 cm³/mol. The van der Waals surface area contributed by atoms with E-state index in [-0.39, 0.29) is 16.2 Å². The fourth-order valence-electron chi connectivity index (χ4n) is 4.46. The molecule has 26 heavy (non-hydrogen) atoms. The van der Waals surface area contributed by atoms with Crippen LogP contribution in [0.3, 0.4) is 0 Å². The molecule has 0 amide bonds. The molecule has 4 rings (SSSR count). The first-order valence-electron chi connectivity index (χ1n) is 8.58. The molecule has 3 aromatic rings. The second-order valence-electron chi connectivity index (χ2n) is 6.61. The van der Waals surface area contributed by atoms with E-state index >= 15 is 0 Å². The summed E-state index contributed by atoms with van der Waals surface area (Å²) in [6.07, 6.45) is 0. The van der Waals surface area contributed by atoms with E-state index in [9.17, 15) is 4.79 Å². The summed E-state index contributed by atoms with van der Waals surface area (Å²) in [4.78, 5) is 12.9. The molecule has 4 heteroatoms. The van der Waals surface area contributed by atoms with Gasteiger partial charge in [-0.2, -0.15) is 0 Å². The number of hydrogen-bond acceptors (Lipinski definition) is 2. The van der Waals surface area contributed by atoms with Gasteiger partial charge in [0.15, 0.2) is 0 Å². The number of alkyl halides is 1. The van der Waals surface area contributed by atoms with Gasteiger partial charge in [0.1, 0.15) is 0 Å². The van der Waals surface area contributed by atoms with Crippen molar-refractivity contribution in [3.63, 3.8) is 0 Å². The molecule has 0 spiro atoms. The van der Waals surface area contributed by atoms with Gasteiger partial charge in [-0.15, -0.1) is 0 Å². The molecule has 0 aromatic heterocycles. The molecule has 1 heterocycles. The van der Waals surface area contributed by atoms with Gasteiger partial charge in [-0.05, 0) is 0 Å². The van der Waals surface area contributed by atoms with Crippen molar-refractivity contribution in [1.82, 2.24) is 0 Å². The number of rotatable bonds is 4. The number of hydrogen-bond donors (Lipinski definition) is 0. The minimum atomic E-state index is -3.02. The Labute approximate surface area is 162 Å². The summed E-state index contributed by atoms with van der Waals surface area (Å²) >= 11 is 3.94. The van der Waals surface area contributed by atoms with Crippen molar-refractivity contribution in [2.75, 3.05) is 7.11 Å². The molecular weight excluding hydrogens is 407 g/mol. The zero-order valence-electron chi connectivity index (χ0n) is 14.5. The van der Waals surface area contributed by atoms with Crippen LogP contribution in [-0.2, 0) is 9.53 Å². The van der Waals surface area contributed by atoms with Crippen LogP contribution in [0.15, 0.2) is 91.0 Å². The van der Waals surface area contributed by atoms with Crippen molar-refractivity contribution < 1.29 is 9.53 Å². The van der Waals surface area contributed by atoms with Crippen LogP contribution >= 0.6 is 22.5 Å². The van der Waals surface area contributed by atoms with Crippen LogP contribution in [-0.4, -0.2) is 23.3 Å². The van der Waals surface area contributed by atoms with Gasteiger partial charge in [-0.25, -0.2) is 0 Å². The molecule has 0 bridgehead atoms. The average molecular weight is 427 g/mol.